The number of carbonyl (C=O) groups excluding carboxylic acids is 1. The summed E-state index contributed by atoms with van der Waals surface area (Å²) in [5.41, 5.74) is 0. The number of hydrogen-bond donors (Lipinski definition) is 0. The Morgan fingerprint density at radius 1 is 1.48 bits per heavy atom. The molecule has 0 aliphatic carbocycles. The fraction of sp³-hybridized carbons (Fsp3) is 0.562. The van der Waals surface area contributed by atoms with Crippen LogP contribution in [0.4, 0.5) is 0 Å². The van der Waals surface area contributed by atoms with Crippen molar-refractivity contribution in [3.05, 3.63) is 35.8 Å². The van der Waals surface area contributed by atoms with E-state index >= 15 is 0 Å². The van der Waals surface area contributed by atoms with E-state index in [-0.39, 0.29) is 5.76 Å². The van der Waals surface area contributed by atoms with E-state index in [1.807, 2.05) is 6.07 Å². The van der Waals surface area contributed by atoms with Crippen LogP contribution in [0.2, 0.25) is 0 Å². The number of piperidine rings is 1. The Kier molecular flexibility index (Phi) is 4.76. The highest BCUT2D eigenvalue weighted by molar-refractivity contribution is 5.86. The fourth-order valence-electron chi connectivity index (χ4n) is 3.13. The van der Waals surface area contributed by atoms with Crippen LogP contribution in [0.3, 0.4) is 0 Å². The van der Waals surface area contributed by atoms with Crippen LogP contribution in [0.1, 0.15) is 47.8 Å². The Labute approximate surface area is 135 Å². The van der Waals surface area contributed by atoms with Gasteiger partial charge in [0.15, 0.2) is 0 Å². The summed E-state index contributed by atoms with van der Waals surface area (Å²) >= 11 is 0. The molecule has 0 saturated carbocycles. The van der Waals surface area contributed by atoms with Gasteiger partial charge in [-0.2, -0.15) is 0 Å². The molecule has 2 aromatic rings. The van der Waals surface area contributed by atoms with E-state index in [2.05, 4.69) is 31.3 Å². The van der Waals surface area contributed by atoms with Crippen molar-refractivity contribution in [3.8, 4) is 0 Å². The lowest BCUT2D eigenvalue weighted by atomic mass is 9.97. The number of methoxy groups -OCH3 is 1. The van der Waals surface area contributed by atoms with Gasteiger partial charge in [-0.3, -0.25) is 4.90 Å². The van der Waals surface area contributed by atoms with E-state index in [0.29, 0.717) is 12.5 Å². The highest BCUT2D eigenvalue weighted by Gasteiger charge is 2.25. The molecule has 23 heavy (non-hydrogen) atoms. The van der Waals surface area contributed by atoms with E-state index in [1.54, 1.807) is 12.4 Å². The molecule has 0 bridgehead atoms. The zero-order valence-electron chi connectivity index (χ0n) is 13.6. The predicted molar refractivity (Wildman–Crippen MR) is 83.0 cm³/mol. The van der Waals surface area contributed by atoms with Gasteiger partial charge < -0.3 is 13.7 Å². The van der Waals surface area contributed by atoms with Crippen molar-refractivity contribution in [2.24, 2.45) is 0 Å². The number of aromatic nitrogens is 3. The molecule has 3 heterocycles. The maximum Gasteiger partial charge on any atom is 0.373 e. The third-order valence-electron chi connectivity index (χ3n) is 4.28. The van der Waals surface area contributed by atoms with E-state index in [4.69, 9.17) is 4.42 Å². The molecule has 1 fully saturated rings. The van der Waals surface area contributed by atoms with Crippen molar-refractivity contribution in [2.75, 3.05) is 20.2 Å². The molecule has 0 spiro atoms. The maximum absolute atomic E-state index is 11.4. The largest absolute Gasteiger partial charge is 0.463 e. The zero-order chi connectivity index (χ0) is 16.2. The normalized spacial score (nSPS) is 19.0. The molecule has 0 N–H and O–H groups in total. The van der Waals surface area contributed by atoms with Gasteiger partial charge in [0, 0.05) is 19.0 Å². The highest BCUT2D eigenvalue weighted by atomic mass is 16.5. The second-order valence-corrected chi connectivity index (χ2v) is 5.81. The summed E-state index contributed by atoms with van der Waals surface area (Å²) < 4.78 is 12.3. The van der Waals surface area contributed by atoms with E-state index in [0.717, 1.165) is 44.1 Å². The average molecular weight is 318 g/mol. The SMILES string of the molecule is CCn1cnnc1C1CCCN(Cc2ccc(C(=O)OC)o2)C1. The molecular formula is C16H22N4O3. The minimum atomic E-state index is -0.441. The van der Waals surface area contributed by atoms with Gasteiger partial charge in [-0.05, 0) is 38.4 Å². The van der Waals surface area contributed by atoms with E-state index in [1.165, 1.54) is 7.11 Å². The lowest BCUT2D eigenvalue weighted by molar-refractivity contribution is 0.0560. The topological polar surface area (TPSA) is 73.4 Å². The number of rotatable bonds is 5. The van der Waals surface area contributed by atoms with E-state index in [9.17, 15) is 4.79 Å². The molecule has 124 valence electrons. The molecule has 7 nitrogen and oxygen atoms in total. The van der Waals surface area contributed by atoms with Crippen LogP contribution in [0.25, 0.3) is 0 Å². The van der Waals surface area contributed by atoms with Gasteiger partial charge >= 0.3 is 5.97 Å². The molecule has 0 aromatic carbocycles. The van der Waals surface area contributed by atoms with Crippen molar-refractivity contribution in [2.45, 2.75) is 38.8 Å². The molecule has 3 rings (SSSR count). The number of hydrogen-bond acceptors (Lipinski definition) is 6. The standard InChI is InChI=1S/C16H22N4O3/c1-3-20-11-17-18-15(20)12-5-4-8-19(9-12)10-13-6-7-14(23-13)16(21)22-2/h6-7,11-12H,3-5,8-10H2,1-2H3. The predicted octanol–water partition coefficient (Wildman–Crippen LogP) is 2.06. The van der Waals surface area contributed by atoms with Gasteiger partial charge in [0.25, 0.3) is 0 Å². The van der Waals surface area contributed by atoms with Gasteiger partial charge in [0.2, 0.25) is 5.76 Å². The molecular weight excluding hydrogens is 296 g/mol. The molecule has 1 atom stereocenters. The third-order valence-corrected chi connectivity index (χ3v) is 4.28. The summed E-state index contributed by atoms with van der Waals surface area (Å²) in [6, 6.07) is 3.50. The second-order valence-electron chi connectivity index (χ2n) is 5.81. The Bertz CT molecular complexity index is 664. The summed E-state index contributed by atoms with van der Waals surface area (Å²) in [6.45, 7) is 5.62. The second kappa shape index (κ2) is 6.95. The van der Waals surface area contributed by atoms with Crippen molar-refractivity contribution in [1.82, 2.24) is 19.7 Å². The Hall–Kier alpha value is -2.15. The number of carbonyl (C=O) groups is 1. The number of ether oxygens (including phenoxy) is 1. The molecule has 1 aliphatic rings. The van der Waals surface area contributed by atoms with Crippen LogP contribution >= 0.6 is 0 Å². The number of esters is 1. The van der Waals surface area contributed by atoms with Gasteiger partial charge in [-0.1, -0.05) is 0 Å². The summed E-state index contributed by atoms with van der Waals surface area (Å²) in [5, 5.41) is 8.33. The van der Waals surface area contributed by atoms with Crippen LogP contribution in [-0.2, 0) is 17.8 Å². The first-order valence-corrected chi connectivity index (χ1v) is 7.98. The monoisotopic (exact) mass is 318 g/mol. The lowest BCUT2D eigenvalue weighted by Crippen LogP contribution is -2.34. The fourth-order valence-corrected chi connectivity index (χ4v) is 3.13. The Balaban J connectivity index is 1.65. The number of furan rings is 1. The molecule has 1 aliphatic heterocycles. The lowest BCUT2D eigenvalue weighted by Gasteiger charge is -2.31. The minimum Gasteiger partial charge on any atom is -0.463 e. The number of nitrogens with zero attached hydrogens (tertiary/aromatic N) is 4. The number of aryl methyl sites for hydroxylation is 1. The summed E-state index contributed by atoms with van der Waals surface area (Å²) in [5.74, 6) is 2.04. The molecule has 1 unspecified atom stereocenters. The van der Waals surface area contributed by atoms with Crippen LogP contribution in [0.5, 0.6) is 0 Å². The maximum atomic E-state index is 11.4. The molecule has 2 aromatic heterocycles. The van der Waals surface area contributed by atoms with Crippen molar-refractivity contribution >= 4 is 5.97 Å². The van der Waals surface area contributed by atoms with Crippen LogP contribution < -0.4 is 0 Å². The quantitative estimate of drug-likeness (QED) is 0.786. The first-order valence-electron chi connectivity index (χ1n) is 7.98. The zero-order valence-corrected chi connectivity index (χ0v) is 13.6. The van der Waals surface area contributed by atoms with Crippen molar-refractivity contribution in [1.29, 1.82) is 0 Å². The van der Waals surface area contributed by atoms with E-state index < -0.39 is 5.97 Å². The Morgan fingerprint density at radius 2 is 2.35 bits per heavy atom. The van der Waals surface area contributed by atoms with Gasteiger partial charge in [-0.25, -0.2) is 4.79 Å². The summed E-state index contributed by atoms with van der Waals surface area (Å²) in [6.07, 6.45) is 4.04. The molecule has 0 amide bonds. The van der Waals surface area contributed by atoms with Gasteiger partial charge in [0.05, 0.1) is 13.7 Å². The molecule has 7 heteroatoms. The van der Waals surface area contributed by atoms with Crippen LogP contribution in [-0.4, -0.2) is 45.8 Å². The average Bonchev–Trinajstić information content (AvgIpc) is 3.23. The highest BCUT2D eigenvalue weighted by Crippen LogP contribution is 2.26. The Morgan fingerprint density at radius 3 is 3.13 bits per heavy atom. The van der Waals surface area contributed by atoms with Crippen LogP contribution in [0, 0.1) is 0 Å². The van der Waals surface area contributed by atoms with Gasteiger partial charge in [0.1, 0.15) is 17.9 Å². The molecule has 1 saturated heterocycles. The molecule has 0 radical (unpaired) electrons. The van der Waals surface area contributed by atoms with Crippen molar-refractivity contribution in [3.63, 3.8) is 0 Å². The minimum absolute atomic E-state index is 0.252. The number of likely N-dealkylation sites (tertiary alicyclic amines) is 1. The summed E-state index contributed by atoms with van der Waals surface area (Å²) in [7, 11) is 1.35. The summed E-state index contributed by atoms with van der Waals surface area (Å²) in [4.78, 5) is 13.8. The third kappa shape index (κ3) is 3.44. The first-order chi connectivity index (χ1) is 11.2. The van der Waals surface area contributed by atoms with Crippen molar-refractivity contribution < 1.29 is 13.9 Å². The first kappa shape index (κ1) is 15.7. The van der Waals surface area contributed by atoms with Gasteiger partial charge in [-0.15, -0.1) is 10.2 Å². The van der Waals surface area contributed by atoms with Crippen LogP contribution in [0.15, 0.2) is 22.9 Å². The smallest absolute Gasteiger partial charge is 0.373 e.